The second kappa shape index (κ2) is 6.84. The third kappa shape index (κ3) is 3.99. The summed E-state index contributed by atoms with van der Waals surface area (Å²) in [5.74, 6) is 0. The standard InChI is InChI=1S/C11H5F8I2NO/c12-8(10(14,15)16)9(13,11(17,18)19)4-1-5(20)7(22-3-23)6(21)2-4/h1-3,8H,(H,22,23). The van der Waals surface area contributed by atoms with Crippen LogP contribution in [-0.4, -0.2) is 24.9 Å². The lowest BCUT2D eigenvalue weighted by atomic mass is 9.89. The second-order valence-corrected chi connectivity index (χ2v) is 6.52. The largest absolute Gasteiger partial charge is 0.430 e. The Morgan fingerprint density at radius 2 is 1.43 bits per heavy atom. The van der Waals surface area contributed by atoms with Crippen LogP contribution in [0.4, 0.5) is 40.8 Å². The number of carbonyl (C=O) groups is 1. The van der Waals surface area contributed by atoms with E-state index in [2.05, 4.69) is 5.32 Å². The van der Waals surface area contributed by atoms with Crippen molar-refractivity contribution in [2.75, 3.05) is 5.32 Å². The first kappa shape index (κ1) is 20.6. The molecule has 0 saturated heterocycles. The number of nitrogens with one attached hydrogen (secondary N) is 1. The number of hydrogen-bond acceptors (Lipinski definition) is 1. The van der Waals surface area contributed by atoms with Gasteiger partial charge < -0.3 is 5.32 Å². The van der Waals surface area contributed by atoms with Crippen LogP contribution in [0, 0.1) is 7.14 Å². The Hall–Kier alpha value is -0.410. The maximum Gasteiger partial charge on any atom is 0.430 e. The van der Waals surface area contributed by atoms with Crippen LogP contribution in [0.5, 0.6) is 0 Å². The molecule has 0 saturated carbocycles. The molecule has 2 atom stereocenters. The van der Waals surface area contributed by atoms with E-state index in [1.165, 1.54) is 45.2 Å². The molecule has 23 heavy (non-hydrogen) atoms. The molecule has 1 N–H and O–H groups in total. The van der Waals surface area contributed by atoms with Gasteiger partial charge in [-0.1, -0.05) is 0 Å². The van der Waals surface area contributed by atoms with E-state index < -0.39 is 29.8 Å². The van der Waals surface area contributed by atoms with Crippen LogP contribution >= 0.6 is 45.2 Å². The average molecular weight is 573 g/mol. The second-order valence-electron chi connectivity index (χ2n) is 4.19. The molecular weight excluding hydrogens is 568 g/mol. The zero-order valence-electron chi connectivity index (χ0n) is 10.5. The van der Waals surface area contributed by atoms with Crippen molar-refractivity contribution in [3.63, 3.8) is 0 Å². The first-order chi connectivity index (χ1) is 10.3. The van der Waals surface area contributed by atoms with E-state index in [4.69, 9.17) is 0 Å². The molecule has 0 aromatic heterocycles. The predicted molar refractivity (Wildman–Crippen MR) is 81.4 cm³/mol. The summed E-state index contributed by atoms with van der Waals surface area (Å²) in [5.41, 5.74) is -6.85. The molecule has 1 aromatic rings. The minimum atomic E-state index is -6.15. The lowest BCUT2D eigenvalue weighted by molar-refractivity contribution is -0.307. The molecule has 0 radical (unpaired) electrons. The summed E-state index contributed by atoms with van der Waals surface area (Å²) in [6.07, 6.45) is -16.8. The highest BCUT2D eigenvalue weighted by atomic mass is 127. The van der Waals surface area contributed by atoms with Gasteiger partial charge in [0.2, 0.25) is 12.6 Å². The van der Waals surface area contributed by atoms with Crippen molar-refractivity contribution in [2.45, 2.75) is 24.2 Å². The van der Waals surface area contributed by atoms with E-state index in [1.54, 1.807) is 0 Å². The van der Waals surface area contributed by atoms with Crippen molar-refractivity contribution in [1.29, 1.82) is 0 Å². The minimum absolute atomic E-state index is 0.0307. The number of benzene rings is 1. The summed E-state index contributed by atoms with van der Waals surface area (Å²) in [4.78, 5) is 10.4. The molecule has 0 aliphatic heterocycles. The van der Waals surface area contributed by atoms with Crippen molar-refractivity contribution in [3.05, 3.63) is 24.8 Å². The number of rotatable bonds is 4. The average Bonchev–Trinajstić information content (AvgIpc) is 2.38. The van der Waals surface area contributed by atoms with Gasteiger partial charge in [-0.05, 0) is 57.3 Å². The van der Waals surface area contributed by atoms with E-state index >= 15 is 0 Å². The van der Waals surface area contributed by atoms with Gasteiger partial charge in [-0.15, -0.1) is 0 Å². The lowest BCUT2D eigenvalue weighted by Gasteiger charge is -2.32. The third-order valence-electron chi connectivity index (χ3n) is 2.71. The van der Waals surface area contributed by atoms with Gasteiger partial charge in [0.1, 0.15) is 0 Å². The fourth-order valence-corrected chi connectivity index (χ4v) is 3.74. The number of carbonyl (C=O) groups excluding carboxylic acids is 1. The van der Waals surface area contributed by atoms with E-state index in [1.807, 2.05) is 0 Å². The number of halogens is 10. The first-order valence-corrected chi connectivity index (χ1v) is 7.58. The summed E-state index contributed by atoms with van der Waals surface area (Å²) >= 11 is 2.77. The van der Waals surface area contributed by atoms with Gasteiger partial charge in [-0.25, -0.2) is 8.78 Å². The molecule has 130 valence electrons. The quantitative estimate of drug-likeness (QED) is 0.304. The molecule has 1 rings (SSSR count). The monoisotopic (exact) mass is 573 g/mol. The van der Waals surface area contributed by atoms with Gasteiger partial charge in [0.25, 0.3) is 5.67 Å². The summed E-state index contributed by atoms with van der Waals surface area (Å²) in [6, 6.07) is 0.806. The zero-order valence-corrected chi connectivity index (χ0v) is 14.8. The van der Waals surface area contributed by atoms with Gasteiger partial charge in [0.15, 0.2) is 0 Å². The van der Waals surface area contributed by atoms with Crippen LogP contribution in [0.3, 0.4) is 0 Å². The molecule has 1 amide bonds. The summed E-state index contributed by atoms with van der Waals surface area (Å²) in [6.45, 7) is 0. The molecule has 2 unspecified atom stereocenters. The lowest BCUT2D eigenvalue weighted by Crippen LogP contribution is -2.52. The topological polar surface area (TPSA) is 29.1 Å². The van der Waals surface area contributed by atoms with Gasteiger partial charge in [0, 0.05) is 12.7 Å². The molecule has 0 bridgehead atoms. The fraction of sp³-hybridized carbons (Fsp3) is 0.364. The Kier molecular flexibility index (Phi) is 6.13. The number of anilines is 1. The normalized spacial score (nSPS) is 16.6. The summed E-state index contributed by atoms with van der Waals surface area (Å²) in [5, 5.41) is 2.11. The maximum atomic E-state index is 14.3. The number of alkyl halides is 8. The highest BCUT2D eigenvalue weighted by Crippen LogP contribution is 2.51. The van der Waals surface area contributed by atoms with E-state index in [0.717, 1.165) is 0 Å². The molecule has 1 aromatic carbocycles. The number of amides is 1. The highest BCUT2D eigenvalue weighted by molar-refractivity contribution is 14.1. The van der Waals surface area contributed by atoms with Crippen LogP contribution in [0.25, 0.3) is 0 Å². The van der Waals surface area contributed by atoms with Gasteiger partial charge >= 0.3 is 12.4 Å². The Bertz CT molecular complexity index is 580. The number of hydrogen-bond donors (Lipinski definition) is 1. The Labute approximate surface area is 151 Å². The SMILES string of the molecule is O=CNc1c(I)cc(C(F)(C(F)C(F)(F)F)C(F)(F)F)cc1I. The summed E-state index contributed by atoms with van der Waals surface area (Å²) in [7, 11) is 0. The Morgan fingerprint density at radius 1 is 1.00 bits per heavy atom. The molecule has 12 heteroatoms. The van der Waals surface area contributed by atoms with Crippen LogP contribution in [0.1, 0.15) is 5.56 Å². The molecule has 0 fully saturated rings. The Balaban J connectivity index is 3.61. The summed E-state index contributed by atoms with van der Waals surface area (Å²) < 4.78 is 103. The van der Waals surface area contributed by atoms with Crippen LogP contribution < -0.4 is 5.32 Å². The molecule has 0 spiro atoms. The minimum Gasteiger partial charge on any atom is -0.327 e. The smallest absolute Gasteiger partial charge is 0.327 e. The van der Waals surface area contributed by atoms with Crippen molar-refractivity contribution in [2.24, 2.45) is 0 Å². The third-order valence-corrected chi connectivity index (χ3v) is 4.42. The molecule has 0 aliphatic carbocycles. The van der Waals surface area contributed by atoms with E-state index in [9.17, 15) is 39.9 Å². The van der Waals surface area contributed by atoms with Crippen molar-refractivity contribution < 1.29 is 39.9 Å². The molecule has 0 aliphatic rings. The van der Waals surface area contributed by atoms with Crippen LogP contribution in [0.15, 0.2) is 12.1 Å². The van der Waals surface area contributed by atoms with Gasteiger partial charge in [-0.2, -0.15) is 26.3 Å². The highest BCUT2D eigenvalue weighted by Gasteiger charge is 2.70. The predicted octanol–water partition coefficient (Wildman–Crippen LogP) is 5.09. The van der Waals surface area contributed by atoms with Gasteiger partial charge in [0.05, 0.1) is 5.69 Å². The van der Waals surface area contributed by atoms with Crippen LogP contribution in [0.2, 0.25) is 0 Å². The van der Waals surface area contributed by atoms with Crippen molar-refractivity contribution in [1.82, 2.24) is 0 Å². The van der Waals surface area contributed by atoms with Gasteiger partial charge in [-0.3, -0.25) is 4.79 Å². The Morgan fingerprint density at radius 3 is 1.74 bits per heavy atom. The molecule has 2 nitrogen and oxygen atoms in total. The maximum absolute atomic E-state index is 14.3. The van der Waals surface area contributed by atoms with E-state index in [-0.39, 0.29) is 19.2 Å². The fourth-order valence-electron chi connectivity index (χ4n) is 1.66. The zero-order chi connectivity index (χ0) is 18.2. The molecular formula is C11H5F8I2NO. The van der Waals surface area contributed by atoms with Crippen LogP contribution in [-0.2, 0) is 10.5 Å². The molecule has 0 heterocycles. The van der Waals surface area contributed by atoms with Crippen molar-refractivity contribution >= 4 is 57.3 Å². The van der Waals surface area contributed by atoms with E-state index in [0.29, 0.717) is 12.1 Å². The van der Waals surface area contributed by atoms with Crippen molar-refractivity contribution in [3.8, 4) is 0 Å². The first-order valence-electron chi connectivity index (χ1n) is 5.43.